The van der Waals surface area contributed by atoms with Gasteiger partial charge in [-0.25, -0.2) is 0 Å². The van der Waals surface area contributed by atoms with Gasteiger partial charge in [0.15, 0.2) is 0 Å². The molecule has 2 rings (SSSR count). The van der Waals surface area contributed by atoms with Gasteiger partial charge in [-0.2, -0.15) is 0 Å². The van der Waals surface area contributed by atoms with Crippen LogP contribution in [0.1, 0.15) is 24.8 Å². The molecule has 0 amide bonds. The van der Waals surface area contributed by atoms with E-state index in [1.165, 1.54) is 6.42 Å². The highest BCUT2D eigenvalue weighted by Gasteiger charge is 2.14. The summed E-state index contributed by atoms with van der Waals surface area (Å²) in [6.07, 6.45) is 7.91. The second-order valence-corrected chi connectivity index (χ2v) is 5.31. The number of benzene rings is 1. The summed E-state index contributed by atoms with van der Waals surface area (Å²) in [5, 5.41) is 4.06. The zero-order valence-corrected chi connectivity index (χ0v) is 12.7. The molecule has 0 heterocycles. The molecular formula is C16H22ClNO2. The van der Waals surface area contributed by atoms with Crippen molar-refractivity contribution in [1.29, 1.82) is 0 Å². The number of hydrogen-bond acceptors (Lipinski definition) is 3. The smallest absolute Gasteiger partial charge is 0.126 e. The Hall–Kier alpha value is -1.03. The van der Waals surface area contributed by atoms with Crippen LogP contribution in [0.3, 0.4) is 0 Å². The van der Waals surface area contributed by atoms with Gasteiger partial charge in [0.2, 0.25) is 0 Å². The zero-order chi connectivity index (χ0) is 14.2. The Morgan fingerprint density at radius 3 is 3.05 bits per heavy atom. The molecule has 0 saturated heterocycles. The topological polar surface area (TPSA) is 30.5 Å². The van der Waals surface area contributed by atoms with Gasteiger partial charge in [-0.05, 0) is 37.5 Å². The van der Waals surface area contributed by atoms with Gasteiger partial charge in [-0.1, -0.05) is 23.7 Å². The van der Waals surface area contributed by atoms with Crippen molar-refractivity contribution in [3.63, 3.8) is 0 Å². The lowest BCUT2D eigenvalue weighted by molar-refractivity contribution is 0.198. The van der Waals surface area contributed by atoms with Crippen LogP contribution in [0.4, 0.5) is 0 Å². The summed E-state index contributed by atoms with van der Waals surface area (Å²) >= 11 is 6.29. The monoisotopic (exact) mass is 295 g/mol. The molecule has 1 aliphatic rings. The second kappa shape index (κ2) is 8.30. The number of methoxy groups -OCH3 is 1. The fraction of sp³-hybridized carbons (Fsp3) is 0.500. The SMILES string of the molecule is COCCNCc1c(Cl)cccc1OC1C=CCCC1. The molecule has 4 heteroatoms. The van der Waals surface area contributed by atoms with Crippen LogP contribution < -0.4 is 10.1 Å². The quantitative estimate of drug-likeness (QED) is 0.616. The van der Waals surface area contributed by atoms with Gasteiger partial charge in [-0.15, -0.1) is 0 Å². The Morgan fingerprint density at radius 1 is 1.40 bits per heavy atom. The fourth-order valence-electron chi connectivity index (χ4n) is 2.25. The molecule has 1 atom stereocenters. The minimum absolute atomic E-state index is 0.167. The predicted octanol–water partition coefficient (Wildman–Crippen LogP) is 3.56. The molecule has 3 nitrogen and oxygen atoms in total. The first kappa shape index (κ1) is 15.4. The second-order valence-electron chi connectivity index (χ2n) is 4.90. The Bertz CT molecular complexity index is 448. The van der Waals surface area contributed by atoms with Crippen LogP contribution in [0.2, 0.25) is 5.02 Å². The van der Waals surface area contributed by atoms with Crippen molar-refractivity contribution in [1.82, 2.24) is 5.32 Å². The lowest BCUT2D eigenvalue weighted by Gasteiger charge is -2.21. The maximum Gasteiger partial charge on any atom is 0.126 e. The Labute approximate surface area is 125 Å². The maximum absolute atomic E-state index is 6.29. The van der Waals surface area contributed by atoms with Crippen molar-refractivity contribution in [2.45, 2.75) is 31.9 Å². The highest BCUT2D eigenvalue weighted by molar-refractivity contribution is 6.31. The van der Waals surface area contributed by atoms with E-state index in [2.05, 4.69) is 17.5 Å². The summed E-state index contributed by atoms with van der Waals surface area (Å²) in [4.78, 5) is 0. The first-order valence-electron chi connectivity index (χ1n) is 7.11. The molecule has 0 fully saturated rings. The van der Waals surface area contributed by atoms with E-state index >= 15 is 0 Å². The van der Waals surface area contributed by atoms with Crippen molar-refractivity contribution in [3.05, 3.63) is 40.9 Å². The number of nitrogens with one attached hydrogen (secondary N) is 1. The summed E-state index contributed by atoms with van der Waals surface area (Å²) in [5.41, 5.74) is 1.02. The summed E-state index contributed by atoms with van der Waals surface area (Å²) < 4.78 is 11.1. The third-order valence-electron chi connectivity index (χ3n) is 3.35. The van der Waals surface area contributed by atoms with E-state index in [1.807, 2.05) is 18.2 Å². The highest BCUT2D eigenvalue weighted by Crippen LogP contribution is 2.28. The molecule has 0 aliphatic heterocycles. The third kappa shape index (κ3) is 4.51. The maximum atomic E-state index is 6.29. The molecule has 1 aromatic rings. The van der Waals surface area contributed by atoms with Crippen LogP contribution >= 0.6 is 11.6 Å². The molecule has 1 aromatic carbocycles. The average molecular weight is 296 g/mol. The average Bonchev–Trinajstić information content (AvgIpc) is 2.47. The van der Waals surface area contributed by atoms with E-state index in [-0.39, 0.29) is 6.10 Å². The number of ether oxygens (including phenoxy) is 2. The van der Waals surface area contributed by atoms with E-state index in [0.29, 0.717) is 13.2 Å². The molecule has 1 unspecified atom stereocenters. The minimum atomic E-state index is 0.167. The molecule has 20 heavy (non-hydrogen) atoms. The largest absolute Gasteiger partial charge is 0.486 e. The standard InChI is InChI=1S/C16H22ClNO2/c1-19-11-10-18-12-14-15(17)8-5-9-16(14)20-13-6-3-2-4-7-13/h3,5-6,8-9,13,18H,2,4,7,10-12H2,1H3. The number of allylic oxidation sites excluding steroid dienone is 1. The van der Waals surface area contributed by atoms with Gasteiger partial charge in [0.25, 0.3) is 0 Å². The van der Waals surface area contributed by atoms with Gasteiger partial charge in [0.1, 0.15) is 11.9 Å². The molecule has 1 N–H and O–H groups in total. The van der Waals surface area contributed by atoms with Gasteiger partial charge in [-0.3, -0.25) is 0 Å². The van der Waals surface area contributed by atoms with Gasteiger partial charge in [0.05, 0.1) is 6.61 Å². The van der Waals surface area contributed by atoms with E-state index in [0.717, 1.165) is 35.7 Å². The zero-order valence-electron chi connectivity index (χ0n) is 11.9. The van der Waals surface area contributed by atoms with E-state index < -0.39 is 0 Å². The van der Waals surface area contributed by atoms with Crippen LogP contribution in [0, 0.1) is 0 Å². The van der Waals surface area contributed by atoms with Crippen molar-refractivity contribution in [2.24, 2.45) is 0 Å². The molecule has 1 aliphatic carbocycles. The molecule has 110 valence electrons. The summed E-state index contributed by atoms with van der Waals surface area (Å²) in [6, 6.07) is 5.82. The molecule has 0 radical (unpaired) electrons. The van der Waals surface area contributed by atoms with Crippen molar-refractivity contribution < 1.29 is 9.47 Å². The first-order chi connectivity index (χ1) is 9.81. The Morgan fingerprint density at radius 2 is 2.30 bits per heavy atom. The number of hydrogen-bond donors (Lipinski definition) is 1. The molecule has 0 bridgehead atoms. The Kier molecular flexibility index (Phi) is 6.37. The summed E-state index contributed by atoms with van der Waals surface area (Å²) in [6.45, 7) is 2.17. The lowest BCUT2D eigenvalue weighted by Crippen LogP contribution is -2.21. The molecule has 0 spiro atoms. The van der Waals surface area contributed by atoms with Crippen LogP contribution in [0.15, 0.2) is 30.4 Å². The highest BCUT2D eigenvalue weighted by atomic mass is 35.5. The van der Waals surface area contributed by atoms with Crippen molar-refractivity contribution in [2.75, 3.05) is 20.3 Å². The fourth-order valence-corrected chi connectivity index (χ4v) is 2.48. The molecule has 0 saturated carbocycles. The van der Waals surface area contributed by atoms with Crippen molar-refractivity contribution >= 4 is 11.6 Å². The normalized spacial score (nSPS) is 18.2. The van der Waals surface area contributed by atoms with Crippen LogP contribution in [0.25, 0.3) is 0 Å². The minimum Gasteiger partial charge on any atom is -0.486 e. The first-order valence-corrected chi connectivity index (χ1v) is 7.49. The predicted molar refractivity (Wildman–Crippen MR) is 82.4 cm³/mol. The van der Waals surface area contributed by atoms with Gasteiger partial charge >= 0.3 is 0 Å². The summed E-state index contributed by atoms with van der Waals surface area (Å²) in [5.74, 6) is 0.874. The van der Waals surface area contributed by atoms with E-state index in [1.54, 1.807) is 7.11 Å². The van der Waals surface area contributed by atoms with Crippen molar-refractivity contribution in [3.8, 4) is 5.75 Å². The van der Waals surface area contributed by atoms with Crippen LogP contribution in [-0.2, 0) is 11.3 Å². The van der Waals surface area contributed by atoms with E-state index in [9.17, 15) is 0 Å². The Balaban J connectivity index is 2.01. The lowest BCUT2D eigenvalue weighted by atomic mass is 10.1. The molecular weight excluding hydrogens is 274 g/mol. The van der Waals surface area contributed by atoms with E-state index in [4.69, 9.17) is 21.1 Å². The molecule has 0 aromatic heterocycles. The van der Waals surface area contributed by atoms with Crippen LogP contribution in [-0.4, -0.2) is 26.4 Å². The van der Waals surface area contributed by atoms with Gasteiger partial charge in [0, 0.05) is 30.8 Å². The van der Waals surface area contributed by atoms with Crippen LogP contribution in [0.5, 0.6) is 5.75 Å². The third-order valence-corrected chi connectivity index (χ3v) is 3.70. The summed E-state index contributed by atoms with van der Waals surface area (Å²) in [7, 11) is 1.70. The van der Waals surface area contributed by atoms with Gasteiger partial charge < -0.3 is 14.8 Å². The number of rotatable bonds is 7. The number of halogens is 1.